The first-order valence-corrected chi connectivity index (χ1v) is 6.65. The summed E-state index contributed by atoms with van der Waals surface area (Å²) >= 11 is 0. The number of carbonyl (C=O) groups is 1. The van der Waals surface area contributed by atoms with Gasteiger partial charge in [-0.25, -0.2) is 0 Å². The number of amides is 1. The molecule has 0 aliphatic heterocycles. The highest BCUT2D eigenvalue weighted by Gasteiger charge is 2.49. The van der Waals surface area contributed by atoms with E-state index in [1.807, 2.05) is 13.8 Å². The summed E-state index contributed by atoms with van der Waals surface area (Å²) in [6, 6.07) is 4.17. The summed E-state index contributed by atoms with van der Waals surface area (Å²) in [7, 11) is 1.64. The van der Waals surface area contributed by atoms with Crippen molar-refractivity contribution >= 4 is 17.3 Å². The number of hydrogen-bond donors (Lipinski definition) is 2. The predicted octanol–water partition coefficient (Wildman–Crippen LogP) is 1.72. The number of ether oxygens (including phenoxy) is 1. The Balaban J connectivity index is 2.16. The maximum atomic E-state index is 12.3. The van der Waals surface area contributed by atoms with E-state index in [-0.39, 0.29) is 34.5 Å². The minimum Gasteiger partial charge on any atom is -0.393 e. The van der Waals surface area contributed by atoms with E-state index in [0.29, 0.717) is 6.42 Å². The number of nitrogens with zero attached hydrogens (tertiary/aromatic N) is 1. The highest BCUT2D eigenvalue weighted by Crippen LogP contribution is 2.42. The van der Waals surface area contributed by atoms with E-state index in [1.54, 1.807) is 7.11 Å². The average molecular weight is 293 g/mol. The van der Waals surface area contributed by atoms with Crippen molar-refractivity contribution in [3.8, 4) is 0 Å². The second-order valence-electron chi connectivity index (χ2n) is 5.80. The molecule has 7 nitrogen and oxygen atoms in total. The number of anilines is 1. The molecule has 2 rings (SSSR count). The molecule has 1 fully saturated rings. The van der Waals surface area contributed by atoms with Crippen LogP contribution < -0.4 is 11.1 Å². The van der Waals surface area contributed by atoms with Crippen LogP contribution in [0.2, 0.25) is 0 Å². The molecule has 2 unspecified atom stereocenters. The van der Waals surface area contributed by atoms with Crippen molar-refractivity contribution in [3.63, 3.8) is 0 Å². The van der Waals surface area contributed by atoms with Crippen molar-refractivity contribution in [3.05, 3.63) is 33.9 Å². The fourth-order valence-electron chi connectivity index (χ4n) is 2.68. The molecule has 0 spiro atoms. The smallest absolute Gasteiger partial charge is 0.292 e. The molecule has 1 saturated carbocycles. The van der Waals surface area contributed by atoms with Crippen LogP contribution in [0.5, 0.6) is 0 Å². The molecular weight excluding hydrogens is 274 g/mol. The largest absolute Gasteiger partial charge is 0.393 e. The van der Waals surface area contributed by atoms with Crippen LogP contribution in [-0.2, 0) is 4.74 Å². The highest BCUT2D eigenvalue weighted by atomic mass is 16.6. The molecule has 3 N–H and O–H groups in total. The summed E-state index contributed by atoms with van der Waals surface area (Å²) in [4.78, 5) is 22.5. The highest BCUT2D eigenvalue weighted by molar-refractivity contribution is 6.01. The number of nitrogen functional groups attached to an aromatic ring is 1. The third-order valence-electron chi connectivity index (χ3n) is 4.29. The fraction of sp³-hybridized carbons (Fsp3) is 0.500. The van der Waals surface area contributed by atoms with Gasteiger partial charge in [-0.05, 0) is 12.5 Å². The van der Waals surface area contributed by atoms with Crippen molar-refractivity contribution in [2.45, 2.75) is 32.4 Å². The summed E-state index contributed by atoms with van der Waals surface area (Å²) < 4.78 is 5.33. The molecule has 1 amide bonds. The van der Waals surface area contributed by atoms with Gasteiger partial charge in [-0.3, -0.25) is 14.9 Å². The zero-order valence-electron chi connectivity index (χ0n) is 12.3. The standard InChI is InChI=1S/C14H19N3O4/c1-14(2)10(7-11(14)21-3)16-13(18)8-5-4-6-9(12(8)15)17(19)20/h4-6,10-11H,7,15H2,1-3H3,(H,16,18). The normalized spacial score (nSPS) is 23.2. The lowest BCUT2D eigenvalue weighted by molar-refractivity contribution is -0.383. The predicted molar refractivity (Wildman–Crippen MR) is 78.0 cm³/mol. The first-order chi connectivity index (χ1) is 9.78. The molecule has 7 heteroatoms. The van der Waals surface area contributed by atoms with Crippen LogP contribution in [0.1, 0.15) is 30.6 Å². The first kappa shape index (κ1) is 15.2. The number of carbonyl (C=O) groups excluding carboxylic acids is 1. The van der Waals surface area contributed by atoms with Crippen LogP contribution >= 0.6 is 0 Å². The molecule has 2 atom stereocenters. The Kier molecular flexibility index (Phi) is 3.87. The van der Waals surface area contributed by atoms with Crippen molar-refractivity contribution < 1.29 is 14.5 Å². The number of nitrogens with one attached hydrogen (secondary N) is 1. The molecule has 1 aliphatic carbocycles. The number of nitro benzene ring substituents is 1. The van der Waals surface area contributed by atoms with Crippen LogP contribution in [0, 0.1) is 15.5 Å². The summed E-state index contributed by atoms with van der Waals surface area (Å²) in [6.07, 6.45) is 0.801. The van der Waals surface area contributed by atoms with Gasteiger partial charge in [0.2, 0.25) is 0 Å². The number of hydrogen-bond acceptors (Lipinski definition) is 5. The third kappa shape index (κ3) is 2.56. The number of benzene rings is 1. The summed E-state index contributed by atoms with van der Waals surface area (Å²) in [5, 5.41) is 13.7. The van der Waals surface area contributed by atoms with E-state index in [9.17, 15) is 14.9 Å². The molecular formula is C14H19N3O4. The average Bonchev–Trinajstić information content (AvgIpc) is 2.42. The zero-order chi connectivity index (χ0) is 15.8. The number of nitro groups is 1. The van der Waals surface area contributed by atoms with Crippen molar-refractivity contribution in [1.29, 1.82) is 0 Å². The van der Waals surface area contributed by atoms with E-state index < -0.39 is 10.8 Å². The molecule has 0 bridgehead atoms. The minimum absolute atomic E-state index is 0.0476. The van der Waals surface area contributed by atoms with E-state index in [0.717, 1.165) is 0 Å². The zero-order valence-corrected chi connectivity index (χ0v) is 12.3. The molecule has 0 heterocycles. The van der Waals surface area contributed by atoms with Gasteiger partial charge in [0.1, 0.15) is 5.69 Å². The summed E-state index contributed by atoms with van der Waals surface area (Å²) in [5.74, 6) is -0.399. The van der Waals surface area contributed by atoms with Crippen LogP contribution in [0.25, 0.3) is 0 Å². The molecule has 1 aromatic rings. The van der Waals surface area contributed by atoms with Crippen LogP contribution in [0.3, 0.4) is 0 Å². The second-order valence-corrected chi connectivity index (χ2v) is 5.80. The van der Waals surface area contributed by atoms with Crippen LogP contribution in [-0.4, -0.2) is 30.1 Å². The maximum Gasteiger partial charge on any atom is 0.292 e. The number of para-hydroxylation sites is 1. The van der Waals surface area contributed by atoms with Gasteiger partial charge in [0.05, 0.1) is 16.6 Å². The van der Waals surface area contributed by atoms with Crippen molar-refractivity contribution in [2.75, 3.05) is 12.8 Å². The van der Waals surface area contributed by atoms with E-state index in [1.165, 1.54) is 18.2 Å². The summed E-state index contributed by atoms with van der Waals surface area (Å²) in [6.45, 7) is 4.01. The monoisotopic (exact) mass is 293 g/mol. The molecule has 0 aromatic heterocycles. The quantitative estimate of drug-likeness (QED) is 0.499. The molecule has 21 heavy (non-hydrogen) atoms. The van der Waals surface area contributed by atoms with E-state index >= 15 is 0 Å². The van der Waals surface area contributed by atoms with Crippen LogP contribution in [0.4, 0.5) is 11.4 Å². The van der Waals surface area contributed by atoms with E-state index in [2.05, 4.69) is 5.32 Å². The second kappa shape index (κ2) is 5.33. The van der Waals surface area contributed by atoms with E-state index in [4.69, 9.17) is 10.5 Å². The SMILES string of the molecule is COC1CC(NC(=O)c2cccc([N+](=O)[O-])c2N)C1(C)C. The topological polar surface area (TPSA) is 107 Å². The van der Waals surface area contributed by atoms with Gasteiger partial charge in [-0.15, -0.1) is 0 Å². The van der Waals surface area contributed by atoms with Gasteiger partial charge in [0.25, 0.3) is 11.6 Å². The lowest BCUT2D eigenvalue weighted by atomic mass is 9.64. The third-order valence-corrected chi connectivity index (χ3v) is 4.29. The number of rotatable bonds is 4. The van der Waals surface area contributed by atoms with Crippen LogP contribution in [0.15, 0.2) is 18.2 Å². The molecule has 1 aliphatic rings. The van der Waals surface area contributed by atoms with Gasteiger partial charge in [-0.1, -0.05) is 19.9 Å². The molecule has 0 radical (unpaired) electrons. The molecule has 1 aromatic carbocycles. The fourth-order valence-corrected chi connectivity index (χ4v) is 2.68. The van der Waals surface area contributed by atoms with Crippen molar-refractivity contribution in [1.82, 2.24) is 5.32 Å². The molecule has 0 saturated heterocycles. The van der Waals surface area contributed by atoms with Gasteiger partial charge in [-0.2, -0.15) is 0 Å². The Morgan fingerprint density at radius 3 is 2.71 bits per heavy atom. The maximum absolute atomic E-state index is 12.3. The Bertz CT molecular complexity index is 586. The Labute approximate surface area is 122 Å². The number of methoxy groups -OCH3 is 1. The lowest BCUT2D eigenvalue weighted by Crippen LogP contribution is -2.61. The Morgan fingerprint density at radius 1 is 1.52 bits per heavy atom. The lowest BCUT2D eigenvalue weighted by Gasteiger charge is -2.51. The molecule has 114 valence electrons. The van der Waals surface area contributed by atoms with Gasteiger partial charge >= 0.3 is 0 Å². The van der Waals surface area contributed by atoms with Gasteiger partial charge < -0.3 is 15.8 Å². The van der Waals surface area contributed by atoms with Crippen molar-refractivity contribution in [2.24, 2.45) is 5.41 Å². The minimum atomic E-state index is -0.597. The Hall–Kier alpha value is -2.15. The first-order valence-electron chi connectivity index (χ1n) is 6.65. The van der Waals surface area contributed by atoms with Gasteiger partial charge in [0, 0.05) is 24.6 Å². The van der Waals surface area contributed by atoms with Gasteiger partial charge in [0.15, 0.2) is 0 Å². The Morgan fingerprint density at radius 2 is 2.19 bits per heavy atom. The summed E-state index contributed by atoms with van der Waals surface area (Å²) in [5.41, 5.74) is 5.29. The number of nitrogens with two attached hydrogens (primary N) is 1.